The van der Waals surface area contributed by atoms with Gasteiger partial charge in [-0.3, -0.25) is 4.98 Å². The quantitative estimate of drug-likeness (QED) is 0.786. The second-order valence-corrected chi connectivity index (χ2v) is 5.38. The molecule has 3 heteroatoms. The lowest BCUT2D eigenvalue weighted by atomic mass is 9.95. The zero-order valence-electron chi connectivity index (χ0n) is 10.8. The fraction of sp³-hybridized carbons (Fsp3) is 0.312. The zero-order chi connectivity index (χ0) is 13.2. The molecular formula is C16H16ClNO. The lowest BCUT2D eigenvalue weighted by molar-refractivity contribution is 0.357. The lowest BCUT2D eigenvalue weighted by Gasteiger charge is -2.18. The standard InChI is InChI=1S/C16H16ClNO/c1-11(14-4-2-3-8-18-14)16(17)13-5-6-15-12(10-13)7-9-19-15/h2-6,8,10-11,16H,7,9H2,1H3. The molecule has 0 radical (unpaired) electrons. The normalized spacial score (nSPS) is 16.5. The maximum Gasteiger partial charge on any atom is 0.122 e. The third-order valence-corrected chi connectivity index (χ3v) is 4.26. The molecular weight excluding hydrogens is 258 g/mol. The van der Waals surface area contributed by atoms with Crippen LogP contribution in [-0.2, 0) is 6.42 Å². The Hall–Kier alpha value is -1.54. The van der Waals surface area contributed by atoms with E-state index in [4.69, 9.17) is 16.3 Å². The van der Waals surface area contributed by atoms with Crippen LogP contribution in [0.15, 0.2) is 42.6 Å². The summed E-state index contributed by atoms with van der Waals surface area (Å²) in [5.74, 6) is 1.18. The fourth-order valence-corrected chi connectivity index (χ4v) is 2.73. The molecule has 0 saturated heterocycles. The average molecular weight is 274 g/mol. The molecule has 2 aromatic rings. The number of nitrogens with zero attached hydrogens (tertiary/aromatic N) is 1. The predicted molar refractivity (Wildman–Crippen MR) is 76.9 cm³/mol. The van der Waals surface area contributed by atoms with Gasteiger partial charge in [-0.25, -0.2) is 0 Å². The Bertz CT molecular complexity index is 570. The summed E-state index contributed by atoms with van der Waals surface area (Å²) in [6.07, 6.45) is 2.79. The van der Waals surface area contributed by atoms with Crippen LogP contribution < -0.4 is 4.74 Å². The van der Waals surface area contributed by atoms with E-state index in [1.54, 1.807) is 0 Å². The molecule has 2 nitrogen and oxygen atoms in total. The van der Waals surface area contributed by atoms with Gasteiger partial charge in [0.15, 0.2) is 0 Å². The number of benzene rings is 1. The summed E-state index contributed by atoms with van der Waals surface area (Å²) in [7, 11) is 0. The highest BCUT2D eigenvalue weighted by Crippen LogP contribution is 2.37. The molecule has 1 aliphatic heterocycles. The summed E-state index contributed by atoms with van der Waals surface area (Å²) in [5, 5.41) is -0.0687. The maximum atomic E-state index is 6.61. The second-order valence-electron chi connectivity index (χ2n) is 4.91. The first-order chi connectivity index (χ1) is 9.25. The van der Waals surface area contributed by atoms with Crippen molar-refractivity contribution in [2.45, 2.75) is 24.6 Å². The van der Waals surface area contributed by atoms with Crippen molar-refractivity contribution in [3.63, 3.8) is 0 Å². The van der Waals surface area contributed by atoms with Crippen molar-refractivity contribution in [3.8, 4) is 5.75 Å². The molecule has 0 spiro atoms. The van der Waals surface area contributed by atoms with Crippen LogP contribution in [0.2, 0.25) is 0 Å². The largest absolute Gasteiger partial charge is 0.493 e. The van der Waals surface area contributed by atoms with Crippen molar-refractivity contribution in [2.24, 2.45) is 0 Å². The van der Waals surface area contributed by atoms with E-state index in [0.717, 1.165) is 30.0 Å². The van der Waals surface area contributed by atoms with Gasteiger partial charge < -0.3 is 4.74 Å². The molecule has 1 aromatic carbocycles. The average Bonchev–Trinajstić information content (AvgIpc) is 2.94. The van der Waals surface area contributed by atoms with E-state index in [-0.39, 0.29) is 11.3 Å². The summed E-state index contributed by atoms with van der Waals surface area (Å²) in [6, 6.07) is 12.2. The van der Waals surface area contributed by atoms with Crippen LogP contribution in [0.3, 0.4) is 0 Å². The predicted octanol–water partition coefficient (Wildman–Crippen LogP) is 4.10. The molecule has 0 amide bonds. The number of rotatable bonds is 3. The molecule has 98 valence electrons. The van der Waals surface area contributed by atoms with Gasteiger partial charge in [0.1, 0.15) is 5.75 Å². The number of pyridine rings is 1. The minimum atomic E-state index is -0.0687. The number of aromatic nitrogens is 1. The molecule has 1 aliphatic rings. The van der Waals surface area contributed by atoms with Crippen LogP contribution in [0.1, 0.15) is 35.0 Å². The van der Waals surface area contributed by atoms with Gasteiger partial charge in [-0.2, -0.15) is 0 Å². The van der Waals surface area contributed by atoms with E-state index < -0.39 is 0 Å². The monoisotopic (exact) mass is 273 g/mol. The highest BCUT2D eigenvalue weighted by Gasteiger charge is 2.21. The SMILES string of the molecule is CC(c1ccccn1)C(Cl)c1ccc2c(c1)CCO2. The van der Waals surface area contributed by atoms with Gasteiger partial charge in [0, 0.05) is 24.2 Å². The molecule has 0 fully saturated rings. The van der Waals surface area contributed by atoms with Crippen LogP contribution in [0.5, 0.6) is 5.75 Å². The summed E-state index contributed by atoms with van der Waals surface area (Å²) in [4.78, 5) is 4.39. The van der Waals surface area contributed by atoms with E-state index in [1.807, 2.05) is 30.5 Å². The Labute approximate surface area is 118 Å². The summed E-state index contributed by atoms with van der Waals surface area (Å²) in [5.41, 5.74) is 3.43. The molecule has 19 heavy (non-hydrogen) atoms. The molecule has 0 aliphatic carbocycles. The minimum absolute atomic E-state index is 0.0687. The van der Waals surface area contributed by atoms with Gasteiger partial charge in [-0.1, -0.05) is 25.1 Å². The molecule has 1 aromatic heterocycles. The van der Waals surface area contributed by atoms with E-state index in [1.165, 1.54) is 5.56 Å². The minimum Gasteiger partial charge on any atom is -0.493 e. The van der Waals surface area contributed by atoms with E-state index in [0.29, 0.717) is 0 Å². The van der Waals surface area contributed by atoms with Crippen molar-refractivity contribution in [1.82, 2.24) is 4.98 Å². The first-order valence-electron chi connectivity index (χ1n) is 6.56. The Morgan fingerprint density at radius 3 is 2.95 bits per heavy atom. The first kappa shape index (κ1) is 12.5. The van der Waals surface area contributed by atoms with E-state index in [9.17, 15) is 0 Å². The molecule has 0 N–H and O–H groups in total. The molecule has 0 saturated carbocycles. The first-order valence-corrected chi connectivity index (χ1v) is 7.00. The van der Waals surface area contributed by atoms with Crippen LogP contribution in [0, 0.1) is 0 Å². The number of hydrogen-bond donors (Lipinski definition) is 0. The van der Waals surface area contributed by atoms with Gasteiger partial charge in [-0.15, -0.1) is 11.6 Å². The number of alkyl halides is 1. The number of halogens is 1. The Morgan fingerprint density at radius 2 is 2.16 bits per heavy atom. The Morgan fingerprint density at radius 1 is 1.26 bits per heavy atom. The Kier molecular flexibility index (Phi) is 3.43. The lowest BCUT2D eigenvalue weighted by Crippen LogP contribution is -2.04. The molecule has 0 bridgehead atoms. The molecule has 2 unspecified atom stereocenters. The Balaban J connectivity index is 1.86. The second kappa shape index (κ2) is 5.22. The summed E-state index contributed by atoms with van der Waals surface area (Å²) < 4.78 is 5.52. The van der Waals surface area contributed by atoms with Crippen molar-refractivity contribution in [1.29, 1.82) is 0 Å². The summed E-state index contributed by atoms with van der Waals surface area (Å²) >= 11 is 6.61. The fourth-order valence-electron chi connectivity index (χ4n) is 2.46. The highest BCUT2D eigenvalue weighted by molar-refractivity contribution is 6.21. The van der Waals surface area contributed by atoms with Crippen molar-refractivity contribution >= 4 is 11.6 Å². The highest BCUT2D eigenvalue weighted by atomic mass is 35.5. The number of ether oxygens (including phenoxy) is 1. The third kappa shape index (κ3) is 2.45. The van der Waals surface area contributed by atoms with Crippen molar-refractivity contribution in [2.75, 3.05) is 6.61 Å². The van der Waals surface area contributed by atoms with Crippen LogP contribution in [0.4, 0.5) is 0 Å². The van der Waals surface area contributed by atoms with Gasteiger partial charge >= 0.3 is 0 Å². The zero-order valence-corrected chi connectivity index (χ0v) is 11.6. The molecule has 3 rings (SSSR count). The van der Waals surface area contributed by atoms with Gasteiger partial charge in [0.25, 0.3) is 0 Å². The van der Waals surface area contributed by atoms with Crippen molar-refractivity contribution < 1.29 is 4.74 Å². The smallest absolute Gasteiger partial charge is 0.122 e. The number of hydrogen-bond acceptors (Lipinski definition) is 2. The number of fused-ring (bicyclic) bond motifs is 1. The topological polar surface area (TPSA) is 22.1 Å². The van der Waals surface area contributed by atoms with Crippen molar-refractivity contribution in [3.05, 3.63) is 59.4 Å². The molecule has 2 atom stereocenters. The van der Waals surface area contributed by atoms with E-state index >= 15 is 0 Å². The van der Waals surface area contributed by atoms with Gasteiger partial charge in [0.05, 0.1) is 12.0 Å². The van der Waals surface area contributed by atoms with Gasteiger partial charge in [0.2, 0.25) is 0 Å². The van der Waals surface area contributed by atoms with Crippen LogP contribution in [0.25, 0.3) is 0 Å². The molecule has 2 heterocycles. The van der Waals surface area contributed by atoms with E-state index in [2.05, 4.69) is 24.0 Å². The van der Waals surface area contributed by atoms with Crippen LogP contribution in [-0.4, -0.2) is 11.6 Å². The maximum absolute atomic E-state index is 6.61. The van der Waals surface area contributed by atoms with Crippen LogP contribution >= 0.6 is 11.6 Å². The van der Waals surface area contributed by atoms with Gasteiger partial charge in [-0.05, 0) is 29.3 Å². The third-order valence-electron chi connectivity index (χ3n) is 3.63. The summed E-state index contributed by atoms with van der Waals surface area (Å²) in [6.45, 7) is 2.89.